The highest BCUT2D eigenvalue weighted by atomic mass is 32.2. The number of amides is 2. The number of urea groups is 1. The zero-order chi connectivity index (χ0) is 19.1. The molecule has 0 aliphatic heterocycles. The first-order valence-electron chi connectivity index (χ1n) is 9.42. The average Bonchev–Trinajstić information content (AvgIpc) is 2.62. The molecule has 1 aliphatic carbocycles. The summed E-state index contributed by atoms with van der Waals surface area (Å²) in [5.74, 6) is 1.04. The Kier molecular flexibility index (Phi) is 7.83. The fourth-order valence-corrected chi connectivity index (χ4v) is 3.67. The summed E-state index contributed by atoms with van der Waals surface area (Å²) in [4.78, 5) is 16.0. The van der Waals surface area contributed by atoms with Crippen molar-refractivity contribution < 1.29 is 4.79 Å². The summed E-state index contributed by atoms with van der Waals surface area (Å²) in [5, 5.41) is 3.05. The molecule has 1 unspecified atom stereocenters. The molecule has 0 saturated carbocycles. The second-order valence-corrected chi connectivity index (χ2v) is 8.49. The minimum absolute atomic E-state index is 0.0153. The van der Waals surface area contributed by atoms with E-state index in [1.165, 1.54) is 16.0 Å². The average molecular weight is 373 g/mol. The van der Waals surface area contributed by atoms with Gasteiger partial charge in [0, 0.05) is 23.7 Å². The number of nitrogens with one attached hydrogen (secondary N) is 1. The number of hydrogen-bond acceptors (Lipinski definition) is 2. The first kappa shape index (κ1) is 20.6. The van der Waals surface area contributed by atoms with Gasteiger partial charge in [-0.2, -0.15) is 0 Å². The van der Waals surface area contributed by atoms with Gasteiger partial charge in [0.05, 0.1) is 0 Å². The maximum atomic E-state index is 12.8. The minimum Gasteiger partial charge on any atom is -0.320 e. The number of thioether (sulfide) groups is 1. The number of benzene rings is 1. The van der Waals surface area contributed by atoms with Crippen molar-refractivity contribution in [2.45, 2.75) is 44.9 Å². The Labute approximate surface area is 162 Å². The van der Waals surface area contributed by atoms with Crippen LogP contribution >= 0.6 is 11.8 Å². The Hall–Kier alpha value is -1.68. The molecule has 1 atom stereocenters. The van der Waals surface area contributed by atoms with Crippen molar-refractivity contribution in [3.05, 3.63) is 48.1 Å². The topological polar surface area (TPSA) is 32.3 Å². The largest absolute Gasteiger partial charge is 0.322 e. The fourth-order valence-electron chi connectivity index (χ4n) is 3.26. The van der Waals surface area contributed by atoms with Crippen molar-refractivity contribution in [1.29, 1.82) is 0 Å². The first-order valence-corrected chi connectivity index (χ1v) is 10.6. The molecule has 1 aliphatic rings. The van der Waals surface area contributed by atoms with Crippen molar-refractivity contribution in [2.24, 2.45) is 11.8 Å². The fraction of sp³-hybridized carbons (Fsp3) is 0.500. The first-order chi connectivity index (χ1) is 12.4. The zero-order valence-electron chi connectivity index (χ0n) is 16.5. The second-order valence-electron chi connectivity index (χ2n) is 7.61. The van der Waals surface area contributed by atoms with Gasteiger partial charge in [0.2, 0.25) is 0 Å². The Bertz CT molecular complexity index is 649. The molecule has 0 spiro atoms. The van der Waals surface area contributed by atoms with E-state index in [0.29, 0.717) is 11.8 Å². The van der Waals surface area contributed by atoms with Crippen LogP contribution in [0.1, 0.15) is 40.0 Å². The lowest BCUT2D eigenvalue weighted by Crippen LogP contribution is -2.39. The van der Waals surface area contributed by atoms with Crippen LogP contribution in [0.25, 0.3) is 0 Å². The molecule has 0 radical (unpaired) electrons. The molecule has 0 fully saturated rings. The zero-order valence-corrected chi connectivity index (χ0v) is 17.4. The predicted molar refractivity (Wildman–Crippen MR) is 114 cm³/mol. The molecule has 2 amide bonds. The molecule has 0 bridgehead atoms. The van der Waals surface area contributed by atoms with Crippen molar-refractivity contribution >= 4 is 23.5 Å². The van der Waals surface area contributed by atoms with Crippen molar-refractivity contribution in [1.82, 2.24) is 4.90 Å². The number of carbonyl (C=O) groups is 1. The van der Waals surface area contributed by atoms with Crippen LogP contribution in [-0.4, -0.2) is 30.3 Å². The monoisotopic (exact) mass is 372 g/mol. The van der Waals surface area contributed by atoms with E-state index in [0.717, 1.165) is 38.0 Å². The Balaban J connectivity index is 2.01. The van der Waals surface area contributed by atoms with Gasteiger partial charge >= 0.3 is 6.03 Å². The molecular weight excluding hydrogens is 340 g/mol. The Morgan fingerprint density at radius 2 is 2.04 bits per heavy atom. The molecule has 0 saturated heterocycles. The standard InChI is InChI=1S/C22H32N2OS/c1-16(2)14-24(15-18-6-8-19(9-7-18)17(3)4)22(25)23-20-10-12-21(26-5)13-11-20/h6,10-13,16,19H,3,7-9,14-15H2,1-2,4-5H3,(H,23,25). The van der Waals surface area contributed by atoms with Crippen molar-refractivity contribution in [3.63, 3.8) is 0 Å². The van der Waals surface area contributed by atoms with E-state index < -0.39 is 0 Å². The smallest absolute Gasteiger partial charge is 0.320 e. The summed E-state index contributed by atoms with van der Waals surface area (Å²) in [7, 11) is 0. The van der Waals surface area contributed by atoms with Crippen LogP contribution in [0.15, 0.2) is 53.0 Å². The van der Waals surface area contributed by atoms with Gasteiger partial charge in [-0.25, -0.2) is 4.79 Å². The lowest BCUT2D eigenvalue weighted by Gasteiger charge is -2.29. The molecular formula is C22H32N2OS. The van der Waals surface area contributed by atoms with E-state index in [-0.39, 0.29) is 6.03 Å². The highest BCUT2D eigenvalue weighted by Gasteiger charge is 2.20. The maximum absolute atomic E-state index is 12.8. The van der Waals surface area contributed by atoms with Gasteiger partial charge < -0.3 is 10.2 Å². The number of carbonyl (C=O) groups excluding carboxylic acids is 1. The number of anilines is 1. The number of rotatable bonds is 7. The Morgan fingerprint density at radius 3 is 2.54 bits per heavy atom. The van der Waals surface area contributed by atoms with E-state index in [9.17, 15) is 4.79 Å². The third-order valence-electron chi connectivity index (χ3n) is 4.81. The van der Waals surface area contributed by atoms with Gasteiger partial charge in [0.15, 0.2) is 0 Å². The summed E-state index contributed by atoms with van der Waals surface area (Å²) in [6.45, 7) is 12.0. The lowest BCUT2D eigenvalue weighted by molar-refractivity contribution is 0.208. The molecule has 0 aromatic heterocycles. The molecule has 1 aromatic rings. The van der Waals surface area contributed by atoms with Crippen LogP contribution in [-0.2, 0) is 0 Å². The normalized spacial score (nSPS) is 17.0. The molecule has 3 nitrogen and oxygen atoms in total. The van der Waals surface area contributed by atoms with Gasteiger partial charge in [-0.15, -0.1) is 11.8 Å². The van der Waals surface area contributed by atoms with Crippen LogP contribution in [0, 0.1) is 11.8 Å². The van der Waals surface area contributed by atoms with Crippen molar-refractivity contribution in [3.8, 4) is 0 Å². The summed E-state index contributed by atoms with van der Waals surface area (Å²) < 4.78 is 0. The summed E-state index contributed by atoms with van der Waals surface area (Å²) >= 11 is 1.70. The lowest BCUT2D eigenvalue weighted by atomic mass is 9.85. The van der Waals surface area contributed by atoms with E-state index >= 15 is 0 Å². The van der Waals surface area contributed by atoms with E-state index in [1.807, 2.05) is 35.4 Å². The van der Waals surface area contributed by atoms with Gasteiger partial charge in [0.1, 0.15) is 0 Å². The van der Waals surface area contributed by atoms with Crippen LogP contribution in [0.2, 0.25) is 0 Å². The summed E-state index contributed by atoms with van der Waals surface area (Å²) in [6, 6.07) is 7.99. The predicted octanol–water partition coefficient (Wildman–Crippen LogP) is 6.20. The molecule has 142 valence electrons. The van der Waals surface area contributed by atoms with Gasteiger partial charge in [-0.3, -0.25) is 0 Å². The molecule has 0 heterocycles. The van der Waals surface area contributed by atoms with Crippen LogP contribution in [0.4, 0.5) is 10.5 Å². The van der Waals surface area contributed by atoms with Gasteiger partial charge in [-0.1, -0.05) is 37.6 Å². The van der Waals surface area contributed by atoms with Crippen LogP contribution in [0.3, 0.4) is 0 Å². The maximum Gasteiger partial charge on any atom is 0.322 e. The van der Waals surface area contributed by atoms with Gasteiger partial charge in [-0.05, 0) is 68.5 Å². The third-order valence-corrected chi connectivity index (χ3v) is 5.55. The number of allylic oxidation sites excluding steroid dienone is 2. The number of nitrogens with zero attached hydrogens (tertiary/aromatic N) is 1. The molecule has 1 N–H and O–H groups in total. The van der Waals surface area contributed by atoms with Crippen LogP contribution < -0.4 is 5.32 Å². The molecule has 26 heavy (non-hydrogen) atoms. The van der Waals surface area contributed by atoms with E-state index in [2.05, 4.69) is 38.7 Å². The minimum atomic E-state index is -0.0153. The Morgan fingerprint density at radius 1 is 1.35 bits per heavy atom. The second kappa shape index (κ2) is 9.86. The van der Waals surface area contributed by atoms with E-state index in [4.69, 9.17) is 0 Å². The highest BCUT2D eigenvalue weighted by Crippen LogP contribution is 2.28. The van der Waals surface area contributed by atoms with Crippen molar-refractivity contribution in [2.75, 3.05) is 24.7 Å². The SMILES string of the molecule is C=C(C)C1CC=C(CN(CC(C)C)C(=O)Nc2ccc(SC)cc2)CC1. The molecule has 2 rings (SSSR count). The number of hydrogen-bond donors (Lipinski definition) is 1. The van der Waals surface area contributed by atoms with Gasteiger partial charge in [0.25, 0.3) is 0 Å². The highest BCUT2D eigenvalue weighted by molar-refractivity contribution is 7.98. The molecule has 4 heteroatoms. The third kappa shape index (κ3) is 6.24. The summed E-state index contributed by atoms with van der Waals surface area (Å²) in [6.07, 6.45) is 7.62. The quantitative estimate of drug-likeness (QED) is 0.456. The van der Waals surface area contributed by atoms with Crippen LogP contribution in [0.5, 0.6) is 0 Å². The van der Waals surface area contributed by atoms with E-state index in [1.54, 1.807) is 11.8 Å². The molecule has 1 aromatic carbocycles. The summed E-state index contributed by atoms with van der Waals surface area (Å²) in [5.41, 5.74) is 3.49.